The minimum absolute atomic E-state index is 0.0624. The molecule has 0 radical (unpaired) electrons. The fourth-order valence-electron chi connectivity index (χ4n) is 4.07. The van der Waals surface area contributed by atoms with Gasteiger partial charge in [0.05, 0.1) is 11.0 Å². The summed E-state index contributed by atoms with van der Waals surface area (Å²) in [5, 5.41) is 2.79. The maximum Gasteiger partial charge on any atom is 0.407 e. The lowest BCUT2D eigenvalue weighted by atomic mass is 9.98. The summed E-state index contributed by atoms with van der Waals surface area (Å²) in [4.78, 5) is 20.8. The molecule has 1 N–H and O–H groups in total. The third kappa shape index (κ3) is 3.90. The molecular formula is C26H21N3O2. The number of amides is 1. The normalized spacial score (nSPS) is 12.6. The lowest BCUT2D eigenvalue weighted by Crippen LogP contribution is -2.26. The van der Waals surface area contributed by atoms with E-state index in [9.17, 15) is 4.79 Å². The predicted molar refractivity (Wildman–Crippen MR) is 122 cm³/mol. The van der Waals surface area contributed by atoms with Crippen molar-refractivity contribution in [3.8, 4) is 11.1 Å². The Morgan fingerprint density at radius 2 is 1.58 bits per heavy atom. The standard InChI is InChI=1S/C26H21N3O2/c30-26(29-13-5-6-18-11-12-24-25(16-18)28-15-14-27-24)31-17-23-21-9-3-1-7-19(21)20-8-2-4-10-22(20)23/h1-12,14-16,23H,13,17H2,(H,29,30). The Bertz CT molecular complexity index is 1240. The number of aromatic nitrogens is 2. The van der Waals surface area contributed by atoms with Crippen LogP contribution in [0.1, 0.15) is 22.6 Å². The first-order valence-electron chi connectivity index (χ1n) is 10.3. The number of carbonyl (C=O) groups excluding carboxylic acids is 1. The number of hydrogen-bond donors (Lipinski definition) is 1. The van der Waals surface area contributed by atoms with Crippen LogP contribution in [0.3, 0.4) is 0 Å². The van der Waals surface area contributed by atoms with E-state index in [4.69, 9.17) is 4.74 Å². The number of rotatable bonds is 5. The van der Waals surface area contributed by atoms with Crippen LogP contribution in [0.4, 0.5) is 4.79 Å². The highest BCUT2D eigenvalue weighted by Gasteiger charge is 2.28. The van der Waals surface area contributed by atoms with E-state index in [1.54, 1.807) is 12.4 Å². The van der Waals surface area contributed by atoms with Gasteiger partial charge in [-0.2, -0.15) is 0 Å². The number of benzene rings is 3. The van der Waals surface area contributed by atoms with Crippen LogP contribution in [0.15, 0.2) is 85.2 Å². The quantitative estimate of drug-likeness (QED) is 0.495. The average Bonchev–Trinajstić information content (AvgIpc) is 3.14. The number of hydrogen-bond acceptors (Lipinski definition) is 4. The Balaban J connectivity index is 1.17. The summed E-state index contributed by atoms with van der Waals surface area (Å²) < 4.78 is 5.55. The molecule has 0 atom stereocenters. The van der Waals surface area contributed by atoms with Gasteiger partial charge in [-0.3, -0.25) is 9.97 Å². The summed E-state index contributed by atoms with van der Waals surface area (Å²) in [6, 6.07) is 22.5. The van der Waals surface area contributed by atoms with Crippen molar-refractivity contribution in [1.82, 2.24) is 15.3 Å². The molecule has 0 fully saturated rings. The Morgan fingerprint density at radius 3 is 2.32 bits per heavy atom. The van der Waals surface area contributed by atoms with Gasteiger partial charge in [-0.05, 0) is 39.9 Å². The lowest BCUT2D eigenvalue weighted by Gasteiger charge is -2.14. The third-order valence-electron chi connectivity index (χ3n) is 5.51. The molecule has 0 saturated carbocycles. The van der Waals surface area contributed by atoms with Crippen molar-refractivity contribution < 1.29 is 9.53 Å². The maximum atomic E-state index is 12.2. The summed E-state index contributed by atoms with van der Waals surface area (Å²) >= 11 is 0. The van der Waals surface area contributed by atoms with Crippen molar-refractivity contribution >= 4 is 23.2 Å². The van der Waals surface area contributed by atoms with E-state index < -0.39 is 6.09 Å². The van der Waals surface area contributed by atoms with Gasteiger partial charge in [-0.25, -0.2) is 4.79 Å². The monoisotopic (exact) mass is 407 g/mol. The number of carbonyl (C=O) groups is 1. The molecule has 5 nitrogen and oxygen atoms in total. The van der Waals surface area contributed by atoms with Gasteiger partial charge in [0.2, 0.25) is 0 Å². The molecule has 5 heteroatoms. The number of alkyl carbamates (subject to hydrolysis) is 1. The molecule has 1 aliphatic carbocycles. The Hall–Kier alpha value is -3.99. The van der Waals surface area contributed by atoms with E-state index in [1.165, 1.54) is 22.3 Å². The summed E-state index contributed by atoms with van der Waals surface area (Å²) in [6.07, 6.45) is 6.76. The van der Waals surface area contributed by atoms with Crippen molar-refractivity contribution in [3.05, 3.63) is 102 Å². The smallest absolute Gasteiger partial charge is 0.407 e. The second-order valence-corrected chi connectivity index (χ2v) is 7.41. The molecule has 4 aromatic rings. The Labute approximate surface area is 180 Å². The summed E-state index contributed by atoms with van der Waals surface area (Å²) in [5.41, 5.74) is 7.55. The zero-order chi connectivity index (χ0) is 21.0. The van der Waals surface area contributed by atoms with Crippen molar-refractivity contribution in [3.63, 3.8) is 0 Å². The second kappa shape index (κ2) is 8.40. The minimum Gasteiger partial charge on any atom is -0.449 e. The SMILES string of the molecule is O=C(NCC=Cc1ccc2nccnc2c1)OCC1c2ccccc2-c2ccccc21. The van der Waals surface area contributed by atoms with Crippen LogP contribution in [0.25, 0.3) is 28.2 Å². The first-order chi connectivity index (χ1) is 15.3. The van der Waals surface area contributed by atoms with Crippen molar-refractivity contribution in [2.24, 2.45) is 0 Å². The largest absolute Gasteiger partial charge is 0.449 e. The van der Waals surface area contributed by atoms with Gasteiger partial charge in [-0.15, -0.1) is 0 Å². The Morgan fingerprint density at radius 1 is 0.903 bits per heavy atom. The summed E-state index contributed by atoms with van der Waals surface area (Å²) in [7, 11) is 0. The molecular weight excluding hydrogens is 386 g/mol. The molecule has 5 rings (SSSR count). The zero-order valence-electron chi connectivity index (χ0n) is 16.9. The van der Waals surface area contributed by atoms with E-state index in [2.05, 4.69) is 39.6 Å². The highest BCUT2D eigenvalue weighted by atomic mass is 16.5. The molecule has 0 spiro atoms. The maximum absolute atomic E-state index is 12.2. The van der Waals surface area contributed by atoms with Crippen molar-refractivity contribution in [2.45, 2.75) is 5.92 Å². The van der Waals surface area contributed by atoms with Crippen LogP contribution < -0.4 is 5.32 Å². The van der Waals surface area contributed by atoms with Gasteiger partial charge >= 0.3 is 6.09 Å². The van der Waals surface area contributed by atoms with E-state index in [-0.39, 0.29) is 5.92 Å². The number of nitrogens with one attached hydrogen (secondary N) is 1. The van der Waals surface area contributed by atoms with Gasteiger partial charge in [0, 0.05) is 24.9 Å². The molecule has 1 amide bonds. The topological polar surface area (TPSA) is 64.1 Å². The van der Waals surface area contributed by atoms with Gasteiger partial charge in [-0.1, -0.05) is 66.7 Å². The molecule has 1 aromatic heterocycles. The van der Waals surface area contributed by atoms with Crippen LogP contribution in [0, 0.1) is 0 Å². The molecule has 0 saturated heterocycles. The number of nitrogens with zero attached hydrogens (tertiary/aromatic N) is 2. The third-order valence-corrected chi connectivity index (χ3v) is 5.51. The Kier molecular flexibility index (Phi) is 5.15. The van der Waals surface area contributed by atoms with Crippen LogP contribution in [0.5, 0.6) is 0 Å². The fourth-order valence-corrected chi connectivity index (χ4v) is 4.07. The highest BCUT2D eigenvalue weighted by Crippen LogP contribution is 2.44. The molecule has 1 aliphatic rings. The molecule has 0 bridgehead atoms. The van der Waals surface area contributed by atoms with Crippen LogP contribution in [0.2, 0.25) is 0 Å². The van der Waals surface area contributed by atoms with Crippen molar-refractivity contribution in [1.29, 1.82) is 0 Å². The molecule has 3 aromatic carbocycles. The van der Waals surface area contributed by atoms with Gasteiger partial charge in [0.25, 0.3) is 0 Å². The average molecular weight is 407 g/mol. The number of fused-ring (bicyclic) bond motifs is 4. The molecule has 0 aliphatic heterocycles. The van der Waals surface area contributed by atoms with Gasteiger partial charge in [0.1, 0.15) is 6.61 Å². The van der Waals surface area contributed by atoms with Crippen molar-refractivity contribution in [2.75, 3.05) is 13.2 Å². The first-order valence-corrected chi connectivity index (χ1v) is 10.3. The summed E-state index contributed by atoms with van der Waals surface area (Å²) in [6.45, 7) is 0.697. The minimum atomic E-state index is -0.420. The molecule has 152 valence electrons. The van der Waals surface area contributed by atoms with Gasteiger partial charge < -0.3 is 10.1 Å². The molecule has 1 heterocycles. The fraction of sp³-hybridized carbons (Fsp3) is 0.115. The second-order valence-electron chi connectivity index (χ2n) is 7.41. The van der Waals surface area contributed by atoms with Crippen LogP contribution >= 0.6 is 0 Å². The summed E-state index contributed by atoms with van der Waals surface area (Å²) in [5.74, 6) is 0.0624. The highest BCUT2D eigenvalue weighted by molar-refractivity contribution is 5.79. The zero-order valence-corrected chi connectivity index (χ0v) is 16.9. The van der Waals surface area contributed by atoms with Crippen LogP contribution in [-0.2, 0) is 4.74 Å². The van der Waals surface area contributed by atoms with E-state index >= 15 is 0 Å². The number of ether oxygens (including phenoxy) is 1. The molecule has 0 unspecified atom stereocenters. The van der Waals surface area contributed by atoms with E-state index in [0.29, 0.717) is 13.2 Å². The van der Waals surface area contributed by atoms with Gasteiger partial charge in [0.15, 0.2) is 0 Å². The van der Waals surface area contributed by atoms with Crippen LogP contribution in [-0.4, -0.2) is 29.2 Å². The van der Waals surface area contributed by atoms with E-state index in [1.807, 2.05) is 54.6 Å². The molecule has 31 heavy (non-hydrogen) atoms. The first kappa shape index (κ1) is 19.0. The van der Waals surface area contributed by atoms with E-state index in [0.717, 1.165) is 16.6 Å². The lowest BCUT2D eigenvalue weighted by molar-refractivity contribution is 0.144. The predicted octanol–water partition coefficient (Wildman–Crippen LogP) is 5.18.